The summed E-state index contributed by atoms with van der Waals surface area (Å²) < 4.78 is 55.7. The Hall–Kier alpha value is -3.74. The maximum atomic E-state index is 12.9. The van der Waals surface area contributed by atoms with E-state index in [4.69, 9.17) is 14.2 Å². The number of imidazole rings is 1. The number of aromatic nitrogens is 2. The second kappa shape index (κ2) is 8.32. The molecule has 0 fully saturated rings. The van der Waals surface area contributed by atoms with Crippen molar-refractivity contribution in [2.45, 2.75) is 26.1 Å². The van der Waals surface area contributed by atoms with Crippen LogP contribution < -0.4 is 9.47 Å². The lowest BCUT2D eigenvalue weighted by Gasteiger charge is -2.13. The molecule has 0 amide bonds. The first-order valence-electron chi connectivity index (χ1n) is 8.83. The number of rotatable bonds is 6. The first-order chi connectivity index (χ1) is 14.2. The highest BCUT2D eigenvalue weighted by Gasteiger charge is 2.31. The van der Waals surface area contributed by atoms with E-state index < -0.39 is 23.8 Å². The third-order valence-corrected chi connectivity index (χ3v) is 3.99. The monoisotopic (exact) mass is 419 g/mol. The lowest BCUT2D eigenvalue weighted by atomic mass is 10.3. The van der Waals surface area contributed by atoms with Gasteiger partial charge < -0.3 is 14.2 Å². The van der Waals surface area contributed by atoms with Gasteiger partial charge in [-0.1, -0.05) is 0 Å². The fourth-order valence-corrected chi connectivity index (χ4v) is 2.57. The topological polar surface area (TPSA) is 85.8 Å². The van der Waals surface area contributed by atoms with Gasteiger partial charge in [0.25, 0.3) is 5.88 Å². The van der Waals surface area contributed by atoms with Crippen molar-refractivity contribution in [3.05, 3.63) is 53.9 Å². The van der Waals surface area contributed by atoms with E-state index in [1.165, 1.54) is 24.3 Å². The molecule has 0 aliphatic rings. The number of nitrogens with zero attached hydrogens (tertiary/aromatic N) is 3. The summed E-state index contributed by atoms with van der Waals surface area (Å²) in [6.45, 7) is 3.48. The number of hydrogen-bond acceptors (Lipinski definition) is 6. The molecule has 0 N–H and O–H groups in total. The summed E-state index contributed by atoms with van der Waals surface area (Å²) in [5, 5.41) is 9.38. The van der Waals surface area contributed by atoms with Crippen LogP contribution in [0.1, 0.15) is 25.1 Å². The quantitative estimate of drug-likeness (QED) is 0.553. The second-order valence-electron chi connectivity index (χ2n) is 6.11. The highest BCUT2D eigenvalue weighted by Crippen LogP contribution is 2.32. The first kappa shape index (κ1) is 21.0. The van der Waals surface area contributed by atoms with Gasteiger partial charge in [0.1, 0.15) is 23.2 Å². The molecule has 0 spiro atoms. The molecule has 0 aliphatic carbocycles. The van der Waals surface area contributed by atoms with Gasteiger partial charge >= 0.3 is 12.1 Å². The van der Waals surface area contributed by atoms with Gasteiger partial charge in [0.2, 0.25) is 0 Å². The third kappa shape index (κ3) is 4.46. The van der Waals surface area contributed by atoms with E-state index in [2.05, 4.69) is 4.98 Å². The predicted molar refractivity (Wildman–Crippen MR) is 98.1 cm³/mol. The number of pyridine rings is 1. The molecule has 2 heterocycles. The number of halogens is 3. The molecule has 10 heteroatoms. The van der Waals surface area contributed by atoms with E-state index >= 15 is 0 Å². The van der Waals surface area contributed by atoms with Crippen molar-refractivity contribution in [1.82, 2.24) is 9.38 Å². The summed E-state index contributed by atoms with van der Waals surface area (Å²) >= 11 is 0. The summed E-state index contributed by atoms with van der Waals surface area (Å²) in [4.78, 5) is 15.7. The Morgan fingerprint density at radius 2 is 1.87 bits per heavy atom. The largest absolute Gasteiger partial charge is 0.479 e. The highest BCUT2D eigenvalue weighted by atomic mass is 19.4. The second-order valence-corrected chi connectivity index (χ2v) is 6.11. The van der Waals surface area contributed by atoms with Crippen LogP contribution in [0.3, 0.4) is 0 Å². The van der Waals surface area contributed by atoms with Gasteiger partial charge in [0, 0.05) is 6.20 Å². The van der Waals surface area contributed by atoms with Gasteiger partial charge in [-0.15, -0.1) is 0 Å². The molecule has 1 unspecified atom stereocenters. The first-order valence-corrected chi connectivity index (χ1v) is 8.83. The minimum atomic E-state index is -4.55. The zero-order chi connectivity index (χ0) is 21.9. The van der Waals surface area contributed by atoms with Gasteiger partial charge in [-0.05, 0) is 50.2 Å². The van der Waals surface area contributed by atoms with Crippen LogP contribution in [-0.2, 0) is 15.7 Å². The Balaban J connectivity index is 1.81. The highest BCUT2D eigenvalue weighted by molar-refractivity contribution is 5.74. The lowest BCUT2D eigenvalue weighted by Crippen LogP contribution is -2.25. The van der Waals surface area contributed by atoms with Gasteiger partial charge in [0.15, 0.2) is 11.8 Å². The Labute approximate surface area is 169 Å². The number of carbonyl (C=O) groups is 1. The molecule has 7 nitrogen and oxygen atoms in total. The molecule has 1 aromatic carbocycles. The van der Waals surface area contributed by atoms with Crippen LogP contribution >= 0.6 is 0 Å². The van der Waals surface area contributed by atoms with Crippen molar-refractivity contribution in [3.63, 3.8) is 0 Å². The number of nitriles is 1. The van der Waals surface area contributed by atoms with Crippen LogP contribution in [0.25, 0.3) is 5.65 Å². The molecule has 0 radical (unpaired) electrons. The molecule has 1 atom stereocenters. The van der Waals surface area contributed by atoms with E-state index in [0.29, 0.717) is 5.75 Å². The Morgan fingerprint density at radius 3 is 2.47 bits per heavy atom. The molecule has 0 saturated heterocycles. The van der Waals surface area contributed by atoms with Crippen molar-refractivity contribution in [2.24, 2.45) is 0 Å². The van der Waals surface area contributed by atoms with Gasteiger partial charge in [-0.25, -0.2) is 4.79 Å². The molecule has 3 rings (SSSR count). The Bertz CT molecular complexity index is 1100. The third-order valence-electron chi connectivity index (χ3n) is 3.99. The molecule has 0 aliphatic heterocycles. The standard InChI is InChI=1S/C20H16F3N3O4/c1-3-28-19(27)12(2)29-14-5-7-15(8-6-14)30-18-16(10-24)26-11-13(20(21,22)23)4-9-17(26)25-18/h4-9,11-12H,3H2,1-2H3. The fraction of sp³-hybridized carbons (Fsp3) is 0.250. The number of alkyl halides is 3. The normalized spacial score (nSPS) is 12.3. The SMILES string of the molecule is CCOC(=O)C(C)Oc1ccc(Oc2nc3ccc(C(F)(F)F)cn3c2C#N)cc1. The van der Waals surface area contributed by atoms with Gasteiger partial charge in [0.05, 0.1) is 12.2 Å². The average molecular weight is 419 g/mol. The van der Waals surface area contributed by atoms with E-state index in [9.17, 15) is 23.2 Å². The minimum Gasteiger partial charge on any atom is -0.479 e. The van der Waals surface area contributed by atoms with E-state index in [-0.39, 0.29) is 29.6 Å². The summed E-state index contributed by atoms with van der Waals surface area (Å²) in [7, 11) is 0. The zero-order valence-electron chi connectivity index (χ0n) is 15.9. The zero-order valence-corrected chi connectivity index (χ0v) is 15.9. The summed E-state index contributed by atoms with van der Waals surface area (Å²) in [5.74, 6) is 0.0279. The van der Waals surface area contributed by atoms with Crippen LogP contribution in [-0.4, -0.2) is 28.1 Å². The number of benzene rings is 1. The van der Waals surface area contributed by atoms with Crippen molar-refractivity contribution < 1.29 is 32.2 Å². The van der Waals surface area contributed by atoms with Crippen molar-refractivity contribution in [1.29, 1.82) is 5.26 Å². The predicted octanol–water partition coefficient (Wildman–Crippen LogP) is 4.35. The van der Waals surface area contributed by atoms with Crippen molar-refractivity contribution in [2.75, 3.05) is 6.61 Å². The molecule has 156 valence electrons. The van der Waals surface area contributed by atoms with Crippen LogP contribution in [0.5, 0.6) is 17.4 Å². The average Bonchev–Trinajstić information content (AvgIpc) is 3.05. The van der Waals surface area contributed by atoms with E-state index in [0.717, 1.165) is 22.7 Å². The summed E-state index contributed by atoms with van der Waals surface area (Å²) in [6, 6.07) is 9.95. The molecular weight excluding hydrogens is 403 g/mol. The van der Waals surface area contributed by atoms with Crippen LogP contribution in [0, 0.1) is 11.3 Å². The molecule has 0 bridgehead atoms. The molecule has 0 saturated carbocycles. The smallest absolute Gasteiger partial charge is 0.417 e. The molecule has 3 aromatic rings. The number of fused-ring (bicyclic) bond motifs is 1. The lowest BCUT2D eigenvalue weighted by molar-refractivity contribution is -0.150. The van der Waals surface area contributed by atoms with E-state index in [1.54, 1.807) is 13.8 Å². The Morgan fingerprint density at radius 1 is 1.20 bits per heavy atom. The van der Waals surface area contributed by atoms with Crippen LogP contribution in [0.4, 0.5) is 13.2 Å². The number of esters is 1. The maximum absolute atomic E-state index is 12.9. The van der Waals surface area contributed by atoms with Crippen LogP contribution in [0.2, 0.25) is 0 Å². The molecular formula is C20H16F3N3O4. The van der Waals surface area contributed by atoms with E-state index in [1.807, 2.05) is 6.07 Å². The number of carbonyl (C=O) groups excluding carboxylic acids is 1. The van der Waals surface area contributed by atoms with Gasteiger partial charge in [-0.2, -0.15) is 23.4 Å². The molecule has 30 heavy (non-hydrogen) atoms. The van der Waals surface area contributed by atoms with Gasteiger partial charge in [-0.3, -0.25) is 4.40 Å². The number of ether oxygens (including phenoxy) is 3. The minimum absolute atomic E-state index is 0.134. The Kier molecular flexibility index (Phi) is 5.82. The van der Waals surface area contributed by atoms with Crippen molar-refractivity contribution >= 4 is 11.6 Å². The molecule has 2 aromatic heterocycles. The fourth-order valence-electron chi connectivity index (χ4n) is 2.57. The van der Waals surface area contributed by atoms with Crippen molar-refractivity contribution in [3.8, 4) is 23.4 Å². The van der Waals surface area contributed by atoms with Crippen LogP contribution in [0.15, 0.2) is 42.6 Å². The number of hydrogen-bond donors (Lipinski definition) is 0. The summed E-state index contributed by atoms with van der Waals surface area (Å²) in [6.07, 6.45) is -4.56. The maximum Gasteiger partial charge on any atom is 0.417 e. The summed E-state index contributed by atoms with van der Waals surface area (Å²) in [5.41, 5.74) is -0.946.